The van der Waals surface area contributed by atoms with Crippen molar-refractivity contribution < 1.29 is 4.79 Å². The van der Waals surface area contributed by atoms with E-state index in [1.54, 1.807) is 6.07 Å². The van der Waals surface area contributed by atoms with E-state index in [1.807, 2.05) is 24.3 Å². The Morgan fingerprint density at radius 1 is 1.15 bits per heavy atom. The maximum atomic E-state index is 13.2. The third-order valence-corrected chi connectivity index (χ3v) is 5.39. The molecule has 2 N–H and O–H groups in total. The van der Waals surface area contributed by atoms with Gasteiger partial charge in [0.15, 0.2) is 0 Å². The van der Waals surface area contributed by atoms with Crippen LogP contribution in [0, 0.1) is 17.3 Å². The number of halogens is 1. The Hall–Kier alpha value is -1.84. The summed E-state index contributed by atoms with van der Waals surface area (Å²) in [5, 5.41) is 7.35. The van der Waals surface area contributed by atoms with Gasteiger partial charge < -0.3 is 10.6 Å². The summed E-state index contributed by atoms with van der Waals surface area (Å²) in [6.45, 7) is 7.55. The van der Waals surface area contributed by atoms with Gasteiger partial charge in [-0.15, -0.1) is 0 Å². The van der Waals surface area contributed by atoms with Gasteiger partial charge in [0, 0.05) is 16.8 Å². The Morgan fingerprint density at radius 3 is 2.56 bits per heavy atom. The van der Waals surface area contributed by atoms with Crippen LogP contribution >= 0.6 is 11.6 Å². The van der Waals surface area contributed by atoms with Gasteiger partial charge in [-0.1, -0.05) is 68.8 Å². The predicted molar refractivity (Wildman–Crippen MR) is 113 cm³/mol. The average molecular weight is 385 g/mol. The lowest BCUT2D eigenvalue weighted by Crippen LogP contribution is -2.39. The molecule has 3 atom stereocenters. The van der Waals surface area contributed by atoms with Crippen LogP contribution in [0.2, 0.25) is 5.02 Å². The van der Waals surface area contributed by atoms with Crippen LogP contribution in [0.4, 0.5) is 5.69 Å². The van der Waals surface area contributed by atoms with E-state index in [9.17, 15) is 4.79 Å². The van der Waals surface area contributed by atoms with Crippen molar-refractivity contribution >= 4 is 23.2 Å². The highest BCUT2D eigenvalue weighted by Gasteiger charge is 2.42. The number of carbonyl (C=O) groups excluding carboxylic acids is 1. The van der Waals surface area contributed by atoms with Crippen molar-refractivity contribution in [3.05, 3.63) is 65.2 Å². The molecule has 1 aliphatic rings. The summed E-state index contributed by atoms with van der Waals surface area (Å²) >= 11 is 6.08. The van der Waals surface area contributed by atoms with Crippen molar-refractivity contribution in [2.24, 2.45) is 17.3 Å². The summed E-state index contributed by atoms with van der Waals surface area (Å²) < 4.78 is 0. The number of benzene rings is 2. The first kappa shape index (κ1) is 19.9. The van der Waals surface area contributed by atoms with Crippen molar-refractivity contribution in [3.8, 4) is 0 Å². The summed E-state index contributed by atoms with van der Waals surface area (Å²) in [6, 6.07) is 18.0. The molecule has 2 aromatic rings. The van der Waals surface area contributed by atoms with E-state index in [1.165, 1.54) is 5.56 Å². The minimum absolute atomic E-state index is 0.0663. The van der Waals surface area contributed by atoms with E-state index < -0.39 is 0 Å². The van der Waals surface area contributed by atoms with E-state index in [-0.39, 0.29) is 29.2 Å². The fourth-order valence-electron chi connectivity index (χ4n) is 4.05. The summed E-state index contributed by atoms with van der Waals surface area (Å²) in [4.78, 5) is 13.2. The van der Waals surface area contributed by atoms with Gasteiger partial charge in [-0.2, -0.15) is 0 Å². The number of amides is 1. The van der Waals surface area contributed by atoms with Gasteiger partial charge in [0.25, 0.3) is 0 Å². The molecule has 0 aliphatic carbocycles. The Balaban J connectivity index is 1.79. The lowest BCUT2D eigenvalue weighted by molar-refractivity contribution is -0.121. The van der Waals surface area contributed by atoms with Crippen molar-refractivity contribution in [3.63, 3.8) is 0 Å². The molecule has 0 bridgehead atoms. The number of hydrogen-bond acceptors (Lipinski definition) is 2. The van der Waals surface area contributed by atoms with Crippen LogP contribution in [0.15, 0.2) is 54.6 Å². The van der Waals surface area contributed by atoms with E-state index in [2.05, 4.69) is 55.7 Å². The second-order valence-electron chi connectivity index (χ2n) is 8.75. The minimum Gasteiger partial charge on any atom is -0.326 e. The molecule has 1 amide bonds. The van der Waals surface area contributed by atoms with Crippen molar-refractivity contribution in [2.45, 2.75) is 39.7 Å². The monoisotopic (exact) mass is 384 g/mol. The van der Waals surface area contributed by atoms with Crippen LogP contribution in [-0.4, -0.2) is 18.5 Å². The van der Waals surface area contributed by atoms with E-state index in [0.717, 1.165) is 25.1 Å². The number of hydrogen-bond donors (Lipinski definition) is 2. The topological polar surface area (TPSA) is 41.1 Å². The highest BCUT2D eigenvalue weighted by atomic mass is 35.5. The molecule has 4 heteroatoms. The van der Waals surface area contributed by atoms with Crippen molar-refractivity contribution in [1.82, 2.24) is 5.32 Å². The average Bonchev–Trinajstić information content (AvgIpc) is 2.96. The number of carbonyl (C=O) groups is 1. The summed E-state index contributed by atoms with van der Waals surface area (Å²) in [5.74, 6) is 0.291. The standard InChI is InChI=1S/C23H29ClN2O/c1-23(2,3)14-20-21(22(27)26-19-11-7-10-18(24)13-19)17(15-25-20)12-16-8-5-4-6-9-16/h4-11,13,17,20-21,25H,12,14-15H2,1-3H3,(H,26,27). The van der Waals surface area contributed by atoms with Crippen LogP contribution in [0.25, 0.3) is 0 Å². The quantitative estimate of drug-likeness (QED) is 0.747. The molecule has 0 aromatic heterocycles. The third kappa shape index (κ3) is 5.57. The smallest absolute Gasteiger partial charge is 0.229 e. The number of anilines is 1. The van der Waals surface area contributed by atoms with E-state index in [0.29, 0.717) is 5.02 Å². The first-order valence-electron chi connectivity index (χ1n) is 9.65. The van der Waals surface area contributed by atoms with Crippen LogP contribution in [0.3, 0.4) is 0 Å². The molecular weight excluding hydrogens is 356 g/mol. The maximum Gasteiger partial charge on any atom is 0.229 e. The van der Waals surface area contributed by atoms with E-state index >= 15 is 0 Å². The molecule has 2 aromatic carbocycles. The van der Waals surface area contributed by atoms with Gasteiger partial charge in [0.2, 0.25) is 5.91 Å². The molecule has 27 heavy (non-hydrogen) atoms. The molecule has 3 nitrogen and oxygen atoms in total. The molecule has 3 unspecified atom stereocenters. The Kier molecular flexibility index (Phi) is 6.23. The number of rotatable bonds is 5. The molecule has 1 fully saturated rings. The zero-order valence-corrected chi connectivity index (χ0v) is 17.1. The Morgan fingerprint density at radius 2 is 1.89 bits per heavy atom. The summed E-state index contributed by atoms with van der Waals surface area (Å²) in [5.41, 5.74) is 2.20. The first-order chi connectivity index (χ1) is 12.8. The van der Waals surface area contributed by atoms with Crippen LogP contribution < -0.4 is 10.6 Å². The predicted octanol–water partition coefficient (Wildman–Crippen LogP) is 5.16. The summed E-state index contributed by atoms with van der Waals surface area (Å²) in [6.07, 6.45) is 1.87. The number of nitrogens with one attached hydrogen (secondary N) is 2. The molecule has 0 radical (unpaired) electrons. The van der Waals surface area contributed by atoms with Gasteiger partial charge >= 0.3 is 0 Å². The second kappa shape index (κ2) is 8.45. The van der Waals surface area contributed by atoms with Crippen LogP contribution in [0.1, 0.15) is 32.8 Å². The summed E-state index contributed by atoms with van der Waals surface area (Å²) in [7, 11) is 0. The molecule has 1 heterocycles. The van der Waals surface area contributed by atoms with Crippen LogP contribution in [0.5, 0.6) is 0 Å². The molecule has 1 saturated heterocycles. The minimum atomic E-state index is -0.0663. The first-order valence-corrected chi connectivity index (χ1v) is 10.0. The van der Waals surface area contributed by atoms with Gasteiger partial charge in [-0.25, -0.2) is 0 Å². The molecule has 144 valence electrons. The fraction of sp³-hybridized carbons (Fsp3) is 0.435. The van der Waals surface area contributed by atoms with Gasteiger partial charge in [-0.05, 0) is 54.5 Å². The maximum absolute atomic E-state index is 13.2. The molecule has 1 aliphatic heterocycles. The lowest BCUT2D eigenvalue weighted by atomic mass is 9.79. The lowest BCUT2D eigenvalue weighted by Gasteiger charge is -2.29. The third-order valence-electron chi connectivity index (χ3n) is 5.15. The molecule has 3 rings (SSSR count). The highest BCUT2D eigenvalue weighted by molar-refractivity contribution is 6.30. The zero-order chi connectivity index (χ0) is 19.4. The van der Waals surface area contributed by atoms with Gasteiger partial charge in [0.1, 0.15) is 0 Å². The van der Waals surface area contributed by atoms with Crippen molar-refractivity contribution in [1.29, 1.82) is 0 Å². The Labute approximate surface area is 167 Å². The van der Waals surface area contributed by atoms with E-state index in [4.69, 9.17) is 11.6 Å². The van der Waals surface area contributed by atoms with Gasteiger partial charge in [0.05, 0.1) is 5.92 Å². The fourth-order valence-corrected chi connectivity index (χ4v) is 4.24. The molecule has 0 saturated carbocycles. The van der Waals surface area contributed by atoms with Crippen LogP contribution in [-0.2, 0) is 11.2 Å². The second-order valence-corrected chi connectivity index (χ2v) is 9.19. The van der Waals surface area contributed by atoms with Crippen molar-refractivity contribution in [2.75, 3.05) is 11.9 Å². The normalized spacial score (nSPS) is 22.6. The Bertz CT molecular complexity index is 769. The largest absolute Gasteiger partial charge is 0.326 e. The highest BCUT2D eigenvalue weighted by Crippen LogP contribution is 2.34. The SMILES string of the molecule is CC(C)(C)CC1NCC(Cc2ccccc2)C1C(=O)Nc1cccc(Cl)c1. The molecular formula is C23H29ClN2O. The molecule has 0 spiro atoms. The van der Waals surface area contributed by atoms with Gasteiger partial charge in [-0.3, -0.25) is 4.79 Å². The zero-order valence-electron chi connectivity index (χ0n) is 16.3.